The quantitative estimate of drug-likeness (QED) is 0.276. The van der Waals surface area contributed by atoms with Crippen molar-refractivity contribution in [2.45, 2.75) is 59.1 Å². The first-order chi connectivity index (χ1) is 18.0. The molecule has 0 radical (unpaired) electrons. The number of anilines is 1. The molecule has 5 rings (SSSR count). The molecule has 8 nitrogen and oxygen atoms in total. The summed E-state index contributed by atoms with van der Waals surface area (Å²) >= 11 is 3.69. The van der Waals surface area contributed by atoms with Gasteiger partial charge in [-0.05, 0) is 73.3 Å². The Morgan fingerprint density at radius 2 is 1.92 bits per heavy atom. The molecule has 1 aliphatic heterocycles. The zero-order valence-electron chi connectivity index (χ0n) is 22.6. The molecule has 1 amide bonds. The second-order valence-corrected chi connectivity index (χ2v) is 12.0. The summed E-state index contributed by atoms with van der Waals surface area (Å²) in [4.78, 5) is 35.0. The van der Waals surface area contributed by atoms with E-state index in [9.17, 15) is 9.59 Å². The summed E-state index contributed by atoms with van der Waals surface area (Å²) in [5, 5.41) is 1.67. The molecule has 4 aromatic rings. The number of para-hydroxylation sites is 1. The van der Waals surface area contributed by atoms with Crippen molar-refractivity contribution in [3.8, 4) is 5.69 Å². The summed E-state index contributed by atoms with van der Waals surface area (Å²) in [6.45, 7) is 13.3. The number of piperazine rings is 1. The van der Waals surface area contributed by atoms with Gasteiger partial charge in [-0.1, -0.05) is 32.0 Å². The highest BCUT2D eigenvalue weighted by Gasteiger charge is 2.33. The average Bonchev–Trinajstić information content (AvgIpc) is 3.33. The lowest BCUT2D eigenvalue weighted by Crippen LogP contribution is -2.55. The average molecular weight is 582 g/mol. The second kappa shape index (κ2) is 9.76. The van der Waals surface area contributed by atoms with Crippen molar-refractivity contribution in [3.63, 3.8) is 0 Å². The van der Waals surface area contributed by atoms with Gasteiger partial charge in [0.2, 0.25) is 0 Å². The number of hydrogen-bond donors (Lipinski definition) is 0. The molecule has 0 aliphatic carbocycles. The minimum atomic E-state index is -0.565. The molecule has 1 atom stereocenters. The van der Waals surface area contributed by atoms with Crippen molar-refractivity contribution in [2.24, 2.45) is 0 Å². The van der Waals surface area contributed by atoms with Crippen LogP contribution in [-0.4, -0.2) is 51.8 Å². The van der Waals surface area contributed by atoms with Gasteiger partial charge in [-0.3, -0.25) is 4.57 Å². The molecular weight excluding hydrogens is 548 g/mol. The summed E-state index contributed by atoms with van der Waals surface area (Å²) in [5.74, 6) is 0.775. The fourth-order valence-electron chi connectivity index (χ4n) is 5.15. The lowest BCUT2D eigenvalue weighted by Gasteiger charge is -2.41. The SMILES string of the molecule is CC(C)c1ccccc1-n1c(=O)nc(N2CCN(C(=O)OC(C)(C)C)C[C@@H]2C)c2c3occc3c(Br)cc21. The van der Waals surface area contributed by atoms with Crippen molar-refractivity contribution in [2.75, 3.05) is 24.5 Å². The van der Waals surface area contributed by atoms with E-state index in [-0.39, 0.29) is 23.7 Å². The predicted molar refractivity (Wildman–Crippen MR) is 154 cm³/mol. The van der Waals surface area contributed by atoms with Crippen LogP contribution in [0, 0.1) is 0 Å². The van der Waals surface area contributed by atoms with Crippen LogP contribution < -0.4 is 10.6 Å². The van der Waals surface area contributed by atoms with Crippen LogP contribution in [0.5, 0.6) is 0 Å². The van der Waals surface area contributed by atoms with Gasteiger partial charge in [0.25, 0.3) is 0 Å². The second-order valence-electron chi connectivity index (χ2n) is 11.2. The number of benzene rings is 2. The zero-order chi connectivity index (χ0) is 27.4. The largest absolute Gasteiger partial charge is 0.463 e. The van der Waals surface area contributed by atoms with Gasteiger partial charge in [0.1, 0.15) is 17.0 Å². The van der Waals surface area contributed by atoms with Crippen molar-refractivity contribution in [1.29, 1.82) is 0 Å². The standard InChI is InChI=1S/C29H33BrN4O4/c1-17(2)19-9-7-8-10-22(19)34-23-15-21(30)20-11-14-37-25(20)24(23)26(31-27(34)35)33-13-12-32(16-18(33)3)28(36)38-29(4,5)6/h7-11,14-15,17-18H,12-13,16H2,1-6H3/t18-/m0/s1. The van der Waals surface area contributed by atoms with Crippen molar-refractivity contribution >= 4 is 49.7 Å². The third-order valence-electron chi connectivity index (χ3n) is 6.88. The number of furan rings is 1. The van der Waals surface area contributed by atoms with E-state index >= 15 is 0 Å². The Kier molecular flexibility index (Phi) is 6.75. The van der Waals surface area contributed by atoms with E-state index in [1.165, 1.54) is 0 Å². The van der Waals surface area contributed by atoms with E-state index < -0.39 is 5.60 Å². The maximum Gasteiger partial charge on any atom is 0.410 e. The molecule has 1 aliphatic rings. The molecule has 2 aromatic heterocycles. The monoisotopic (exact) mass is 580 g/mol. The number of rotatable bonds is 3. The Bertz CT molecular complexity index is 1580. The summed E-state index contributed by atoms with van der Waals surface area (Å²) in [7, 11) is 0. The van der Waals surface area contributed by atoms with E-state index in [0.29, 0.717) is 36.6 Å². The molecule has 0 N–H and O–H groups in total. The van der Waals surface area contributed by atoms with E-state index in [4.69, 9.17) is 9.15 Å². The molecular formula is C29H33BrN4O4. The molecule has 0 bridgehead atoms. The van der Waals surface area contributed by atoms with E-state index in [0.717, 1.165) is 26.5 Å². The van der Waals surface area contributed by atoms with Crippen molar-refractivity contribution < 1.29 is 13.9 Å². The van der Waals surface area contributed by atoms with Gasteiger partial charge in [-0.25, -0.2) is 9.59 Å². The van der Waals surface area contributed by atoms with Crippen LogP contribution in [0.15, 0.2) is 56.3 Å². The summed E-state index contributed by atoms with van der Waals surface area (Å²) < 4.78 is 14.1. The van der Waals surface area contributed by atoms with E-state index in [1.54, 1.807) is 15.7 Å². The fraction of sp³-hybridized carbons (Fsp3) is 0.414. The van der Waals surface area contributed by atoms with Gasteiger partial charge < -0.3 is 19.0 Å². The molecule has 1 fully saturated rings. The van der Waals surface area contributed by atoms with Crippen LogP contribution in [-0.2, 0) is 4.74 Å². The predicted octanol–water partition coefficient (Wildman–Crippen LogP) is 6.46. The maximum absolute atomic E-state index is 13.8. The first-order valence-electron chi connectivity index (χ1n) is 12.9. The topological polar surface area (TPSA) is 80.8 Å². The summed E-state index contributed by atoms with van der Waals surface area (Å²) in [6, 6.07) is 11.7. The van der Waals surface area contributed by atoms with Crippen LogP contribution in [0.1, 0.15) is 53.0 Å². The minimum Gasteiger partial charge on any atom is -0.463 e. The lowest BCUT2D eigenvalue weighted by molar-refractivity contribution is 0.0218. The number of amides is 1. The highest BCUT2D eigenvalue weighted by atomic mass is 79.9. The fourth-order valence-corrected chi connectivity index (χ4v) is 5.68. The van der Waals surface area contributed by atoms with Gasteiger partial charge in [0, 0.05) is 35.5 Å². The molecule has 38 heavy (non-hydrogen) atoms. The Balaban J connectivity index is 1.68. The minimum absolute atomic E-state index is 0.0983. The number of halogens is 1. The number of carbonyl (C=O) groups excluding carboxylic acids is 1. The smallest absolute Gasteiger partial charge is 0.410 e. The summed E-state index contributed by atoms with van der Waals surface area (Å²) in [5.41, 5.74) is 2.31. The van der Waals surface area contributed by atoms with Crippen LogP contribution in [0.25, 0.3) is 27.6 Å². The van der Waals surface area contributed by atoms with Gasteiger partial charge in [-0.15, -0.1) is 0 Å². The molecule has 1 saturated heterocycles. The molecule has 0 saturated carbocycles. The van der Waals surface area contributed by atoms with Gasteiger partial charge in [-0.2, -0.15) is 4.98 Å². The number of nitrogens with zero attached hydrogens (tertiary/aromatic N) is 4. The van der Waals surface area contributed by atoms with Crippen LogP contribution in [0.2, 0.25) is 0 Å². The summed E-state index contributed by atoms with van der Waals surface area (Å²) in [6.07, 6.45) is 1.32. The lowest BCUT2D eigenvalue weighted by atomic mass is 10.0. The molecule has 200 valence electrons. The first kappa shape index (κ1) is 26.3. The Morgan fingerprint density at radius 1 is 1.18 bits per heavy atom. The Morgan fingerprint density at radius 3 is 2.61 bits per heavy atom. The Hall–Kier alpha value is -3.33. The van der Waals surface area contributed by atoms with Crippen LogP contribution in [0.3, 0.4) is 0 Å². The number of aromatic nitrogens is 2. The number of fused-ring (bicyclic) bond motifs is 3. The Labute approximate surface area is 230 Å². The van der Waals surface area contributed by atoms with E-state index in [1.807, 2.05) is 64.1 Å². The van der Waals surface area contributed by atoms with Crippen molar-refractivity contribution in [1.82, 2.24) is 14.5 Å². The van der Waals surface area contributed by atoms with Crippen LogP contribution in [0.4, 0.5) is 10.6 Å². The molecule has 3 heterocycles. The normalized spacial score (nSPS) is 16.6. The maximum atomic E-state index is 13.8. The molecule has 0 unspecified atom stereocenters. The number of carbonyl (C=O) groups is 1. The van der Waals surface area contributed by atoms with Gasteiger partial charge >= 0.3 is 11.8 Å². The third kappa shape index (κ3) is 4.68. The molecule has 2 aromatic carbocycles. The zero-order valence-corrected chi connectivity index (χ0v) is 24.2. The number of ether oxygens (including phenoxy) is 1. The van der Waals surface area contributed by atoms with Crippen molar-refractivity contribution in [3.05, 3.63) is 63.2 Å². The van der Waals surface area contributed by atoms with Gasteiger partial charge in [0.15, 0.2) is 0 Å². The van der Waals surface area contributed by atoms with Crippen LogP contribution >= 0.6 is 15.9 Å². The highest BCUT2D eigenvalue weighted by molar-refractivity contribution is 9.10. The highest BCUT2D eigenvalue weighted by Crippen LogP contribution is 2.38. The first-order valence-corrected chi connectivity index (χ1v) is 13.7. The third-order valence-corrected chi connectivity index (χ3v) is 7.53. The van der Waals surface area contributed by atoms with Gasteiger partial charge in [0.05, 0.1) is 22.9 Å². The molecule has 9 heteroatoms. The number of hydrogen-bond acceptors (Lipinski definition) is 6. The molecule has 0 spiro atoms. The van der Waals surface area contributed by atoms with E-state index in [2.05, 4.69) is 39.7 Å².